The number of carbonyl (C=O) groups is 12. The molecule has 8 aliphatic rings. The topological polar surface area (TPSA) is 447 Å². The fourth-order valence-electron chi connectivity index (χ4n) is 21.5. The molecule has 150 heavy (non-hydrogen) atoms. The van der Waals surface area contributed by atoms with Crippen molar-refractivity contribution in [1.82, 2.24) is 65.8 Å². The number of likely N-dealkylation sites (N-methyl/N-ethyl adjacent to an activating group) is 4. The number of halogens is 12. The highest BCUT2D eigenvalue weighted by Crippen LogP contribution is 2.45. The molecule has 12 atom stereocenters. The summed E-state index contributed by atoms with van der Waals surface area (Å²) >= 11 is 12.2. The Hall–Kier alpha value is -13.9. The first-order valence-corrected chi connectivity index (χ1v) is 51.0. The smallest absolute Gasteiger partial charge is 0.384 e. The van der Waals surface area contributed by atoms with Gasteiger partial charge in [0.15, 0.2) is 0 Å². The van der Waals surface area contributed by atoms with Gasteiger partial charge < -0.3 is 63.8 Å². The maximum atomic E-state index is 14.0. The zero-order chi connectivity index (χ0) is 108. The number of nitrogens with zero attached hydrogens (tertiary/aromatic N) is 13. The molecule has 0 unspecified atom stereocenters. The van der Waals surface area contributed by atoms with Crippen molar-refractivity contribution >= 4 is 141 Å². The first-order chi connectivity index (χ1) is 71.3. The monoisotopic (exact) mass is 2130 g/mol. The molecule has 16 amide bonds. The van der Waals surface area contributed by atoms with Gasteiger partial charge in [0.25, 0.3) is 23.6 Å². The molecule has 804 valence electrons. The summed E-state index contributed by atoms with van der Waals surface area (Å²) in [7, 11) is 4.40. The second-order valence-corrected chi connectivity index (χ2v) is 40.0. The molecule has 4 saturated carbocycles. The summed E-state index contributed by atoms with van der Waals surface area (Å²) in [6, 6.07) is 19.1. The predicted octanol–water partition coefficient (Wildman–Crippen LogP) is 16.7. The number of nitrogen functional groups attached to an aromatic ring is 4. The van der Waals surface area contributed by atoms with Crippen LogP contribution in [0.5, 0.6) is 0 Å². The highest BCUT2D eigenvalue weighted by molar-refractivity contribution is 6.35. The fourth-order valence-corrected chi connectivity index (χ4v) is 22.0. The third-order valence-corrected chi connectivity index (χ3v) is 29.7. The van der Waals surface area contributed by atoms with Gasteiger partial charge in [-0.3, -0.25) is 62.9 Å². The van der Waals surface area contributed by atoms with Crippen LogP contribution in [0.2, 0.25) is 10.0 Å². The first kappa shape index (κ1) is 113. The minimum atomic E-state index is -4.72. The van der Waals surface area contributed by atoms with E-state index in [0.29, 0.717) is 144 Å². The number of pyridine rings is 5. The largest absolute Gasteiger partial charge is 0.408 e. The maximum Gasteiger partial charge on any atom is 0.408 e. The van der Waals surface area contributed by atoms with Crippen LogP contribution in [0, 0.1) is 53.2 Å². The molecule has 0 bridgehead atoms. The van der Waals surface area contributed by atoms with Crippen molar-refractivity contribution in [1.29, 1.82) is 0 Å². The zero-order valence-corrected chi connectivity index (χ0v) is 84.9. The van der Waals surface area contributed by atoms with Gasteiger partial charge in [-0.2, -0.15) is 39.5 Å². The number of urea groups is 4. The van der Waals surface area contributed by atoms with Gasteiger partial charge in [0.2, 0.25) is 23.6 Å². The molecule has 5 aromatic heterocycles. The van der Waals surface area contributed by atoms with Gasteiger partial charge in [-0.1, -0.05) is 131 Å². The second kappa shape index (κ2) is 50.2. The number of β-lactam (4-membered cyclic amide) rings is 4. The Labute approximate surface area is 870 Å². The van der Waals surface area contributed by atoms with Gasteiger partial charge >= 0.3 is 42.7 Å². The standard InChI is InChI=1S/C27H32F3N5O3.C26H28Cl2F3N5O3.C26H29F4N5O3.C26H34N6O3/c1-2-34(19-11-7-4-8-12-19)25(37)22-20(15-17-13-14-32-21(31)16-17)24(36)35(22)26(38)33-23(27(28,29)30)18-9-5-3-6-10-18;1-35(18-12-16(27)11-17(28)13-18)24(38)21-19(9-14-7-8-33-20(32)10-14)23(37)36(21)25(39)34-22(26(29,30)31)15-5-3-2-4-6-15;1-34(18-9-5-8-17(27)14-18)24(37)21-19(12-15-10-11-32-20(31)13-15)23(36)35(21)25(38)33-22(26(28,29)30)16-6-3-2-4-7-16;1-3-21(18-7-5-4-6-8-18)30-26(35)32-23(25(34)31(2)19-10-12-28-13-11-19)20(24(32)33)15-17-9-14-29-22(27)16-17/h4,7-8,11-14,16,18,20,22-23H,2-3,5-6,9-10,15H2,1H3,(H2,31,32)(H,33,38);7-8,10-13,15,19,21-22H,2-6,9H2,1H3,(H2,32,33)(H,34,39);5,8-11,13-14,16,19,21-22H,2-4,6-7,12H2,1H3,(H2,31,32)(H,33,38);9-14,16,18,20-21,23H,3-8,15H2,1-2H3,(H2,27,29)(H,30,35)/t20-,22+,23+;2*19-,21+,22+;20-,21-,23+/m1111/s1. The number of aromatic nitrogens is 5. The molecule has 8 fully saturated rings. The Morgan fingerprint density at radius 2 is 0.660 bits per heavy atom. The van der Waals surface area contributed by atoms with Crippen molar-refractivity contribution in [3.05, 3.63) is 209 Å². The molecule has 9 heterocycles. The Balaban J connectivity index is 0.000000167. The first-order valence-electron chi connectivity index (χ1n) is 50.2. The Morgan fingerprint density at radius 3 is 0.967 bits per heavy atom. The van der Waals surface area contributed by atoms with E-state index in [0.717, 1.165) is 72.8 Å². The number of amides is 16. The molecular formula is C105H123Cl2F10N21O12. The summed E-state index contributed by atoms with van der Waals surface area (Å²) in [6.45, 7) is 4.04. The third kappa shape index (κ3) is 27.5. The van der Waals surface area contributed by atoms with Gasteiger partial charge in [-0.05, 0) is 246 Å². The lowest BCUT2D eigenvalue weighted by Crippen LogP contribution is -2.72. The van der Waals surface area contributed by atoms with Crippen molar-refractivity contribution < 1.29 is 101 Å². The van der Waals surface area contributed by atoms with Crippen LogP contribution in [-0.2, 0) is 64.0 Å². The van der Waals surface area contributed by atoms with Crippen LogP contribution in [0.1, 0.15) is 171 Å². The van der Waals surface area contributed by atoms with E-state index < -0.39 is 168 Å². The lowest BCUT2D eigenvalue weighted by molar-refractivity contribution is -0.171. The zero-order valence-electron chi connectivity index (χ0n) is 83.3. The van der Waals surface area contributed by atoms with Gasteiger partial charge in [-0.15, -0.1) is 0 Å². The Kier molecular flexibility index (Phi) is 37.9. The molecule has 3 aromatic carbocycles. The van der Waals surface area contributed by atoms with Gasteiger partial charge in [0.05, 0.1) is 23.7 Å². The average molecular weight is 2130 g/mol. The van der Waals surface area contributed by atoms with E-state index in [-0.39, 0.29) is 76.8 Å². The van der Waals surface area contributed by atoms with Gasteiger partial charge in [0, 0.05) is 104 Å². The molecule has 8 aromatic rings. The van der Waals surface area contributed by atoms with Crippen molar-refractivity contribution in [3.63, 3.8) is 0 Å². The van der Waals surface area contributed by atoms with Crippen LogP contribution in [-0.4, -0.2) is 210 Å². The number of likely N-dealkylation sites (tertiary alicyclic amines) is 4. The lowest BCUT2D eigenvalue weighted by atomic mass is 9.81. The molecule has 0 spiro atoms. The van der Waals surface area contributed by atoms with E-state index >= 15 is 0 Å². The number of rotatable bonds is 26. The van der Waals surface area contributed by atoms with E-state index in [2.05, 4.69) is 35.6 Å². The number of benzene rings is 3. The maximum absolute atomic E-state index is 14.0. The quantitative estimate of drug-likeness (QED) is 0.0184. The van der Waals surface area contributed by atoms with Crippen molar-refractivity contribution in [3.8, 4) is 0 Å². The Morgan fingerprint density at radius 1 is 0.360 bits per heavy atom. The molecular weight excluding hydrogens is 2010 g/mol. The summed E-state index contributed by atoms with van der Waals surface area (Å²) in [5.74, 6) is -10.2. The lowest BCUT2D eigenvalue weighted by Gasteiger charge is -2.46. The molecule has 16 rings (SSSR count). The summed E-state index contributed by atoms with van der Waals surface area (Å²) in [4.78, 5) is 188. The summed E-state index contributed by atoms with van der Waals surface area (Å²) in [6.07, 6.45) is 10.1. The number of nitrogens with one attached hydrogen (secondary N) is 4. The van der Waals surface area contributed by atoms with E-state index in [9.17, 15) is 101 Å². The number of carbonyl (C=O) groups excluding carboxylic acids is 12. The van der Waals surface area contributed by atoms with Crippen LogP contribution in [0.15, 0.2) is 171 Å². The number of para-hydroxylation sites is 1. The van der Waals surface area contributed by atoms with Crippen LogP contribution >= 0.6 is 23.2 Å². The van der Waals surface area contributed by atoms with E-state index in [1.807, 2.05) is 17.6 Å². The van der Waals surface area contributed by atoms with Crippen molar-refractivity contribution in [2.75, 3.05) is 70.2 Å². The third-order valence-electron chi connectivity index (χ3n) is 29.3. The molecule has 12 N–H and O–H groups in total. The number of nitrogens with two attached hydrogens (primary N) is 4. The van der Waals surface area contributed by atoms with E-state index in [1.165, 1.54) is 102 Å². The normalized spacial score (nSPS) is 21.0. The van der Waals surface area contributed by atoms with Crippen LogP contribution < -0.4 is 63.8 Å². The predicted molar refractivity (Wildman–Crippen MR) is 542 cm³/mol. The van der Waals surface area contributed by atoms with Crippen molar-refractivity contribution in [2.45, 2.75) is 241 Å². The molecule has 33 nitrogen and oxygen atoms in total. The Bertz CT molecular complexity index is 6110. The summed E-state index contributed by atoms with van der Waals surface area (Å²) in [5.41, 5.74) is 27.3. The van der Waals surface area contributed by atoms with E-state index in [1.54, 1.807) is 111 Å². The summed E-state index contributed by atoms with van der Waals surface area (Å²) < 4.78 is 140. The number of alkyl halides is 9. The van der Waals surface area contributed by atoms with Crippen LogP contribution in [0.3, 0.4) is 0 Å². The second-order valence-electron chi connectivity index (χ2n) is 39.1. The molecule has 0 radical (unpaired) electrons. The number of imide groups is 4. The molecule has 45 heteroatoms. The van der Waals surface area contributed by atoms with Gasteiger partial charge in [-0.25, -0.2) is 43.5 Å². The van der Waals surface area contributed by atoms with Gasteiger partial charge in [0.1, 0.15) is 71.4 Å². The highest BCUT2D eigenvalue weighted by Gasteiger charge is 2.62. The molecule has 4 aliphatic carbocycles. The molecule has 4 saturated heterocycles. The summed E-state index contributed by atoms with van der Waals surface area (Å²) in [5, 5.41) is 9.70. The SMILES string of the molecule is CCN(C(=O)[C@@H]1[C@@H](Cc2ccnc(N)c2)C(=O)N1C(=O)N[C@@H](C1CCCCC1)C(F)(F)F)c1ccccc1.CC[C@@H](NC(=O)N1C(=O)[C@H](Cc2ccnc(N)c2)[C@H]1C(=O)N(C)c1ccncc1)C1CCCCC1.CN(C(=O)[C@@H]1[C@@H](Cc2ccnc(N)c2)C(=O)N1C(=O)N[C@@H](C1CCCCC1)C(F)(F)F)c1cc(Cl)cc(Cl)c1.CN(C(=O)[C@@H]1[C@@H](Cc2ccnc(N)c2)C(=O)N1C(=O)N[C@@H](C1CCCCC1)C(F)(F)F)c1cccc(F)c1. The minimum Gasteiger partial charge on any atom is -0.384 e. The highest BCUT2D eigenvalue weighted by atomic mass is 35.5. The molecule has 4 aliphatic heterocycles. The number of hydrogen-bond donors (Lipinski definition) is 8. The average Bonchev–Trinajstić information content (AvgIpc) is 0.757. The number of hydrogen-bond acceptors (Lipinski definition) is 21. The van der Waals surface area contributed by atoms with E-state index in [4.69, 9.17) is 46.1 Å². The number of anilines is 8. The fraction of sp³-hybridized carbons (Fsp3) is 0.476. The minimum absolute atomic E-state index is 0.00799. The van der Waals surface area contributed by atoms with Crippen LogP contribution in [0.4, 0.5) is 109 Å². The van der Waals surface area contributed by atoms with Crippen LogP contribution in [0.25, 0.3) is 0 Å². The van der Waals surface area contributed by atoms with Crippen molar-refractivity contribution in [2.24, 2.45) is 47.3 Å².